The summed E-state index contributed by atoms with van der Waals surface area (Å²) >= 11 is 0. The van der Waals surface area contributed by atoms with E-state index in [2.05, 4.69) is 30.1 Å². The molecule has 3 rings (SSSR count). The lowest BCUT2D eigenvalue weighted by Crippen LogP contribution is -2.36. The quantitative estimate of drug-likeness (QED) is 0.871. The van der Waals surface area contributed by atoms with E-state index in [1.807, 2.05) is 0 Å². The lowest BCUT2D eigenvalue weighted by Gasteiger charge is -2.34. The van der Waals surface area contributed by atoms with E-state index >= 15 is 0 Å². The number of nitrogens with zero attached hydrogens (tertiary/aromatic N) is 1. The van der Waals surface area contributed by atoms with Gasteiger partial charge in [-0.1, -0.05) is 0 Å². The molecule has 0 bridgehead atoms. The Hall–Kier alpha value is -1.22. The Morgan fingerprint density at radius 1 is 1.22 bits per heavy atom. The lowest BCUT2D eigenvalue weighted by molar-refractivity contribution is 0.122. The molecule has 18 heavy (non-hydrogen) atoms. The molecule has 0 unspecified atom stereocenters. The Bertz CT molecular complexity index is 425. The zero-order chi connectivity index (χ0) is 12.5. The maximum Gasteiger partial charge on any atom is 0.122 e. The smallest absolute Gasteiger partial charge is 0.122 e. The van der Waals surface area contributed by atoms with E-state index < -0.39 is 0 Å². The Morgan fingerprint density at radius 3 is 2.78 bits per heavy atom. The fourth-order valence-electron chi connectivity index (χ4n) is 3.05. The average molecular weight is 247 g/mol. The number of benzene rings is 1. The lowest BCUT2D eigenvalue weighted by atomic mass is 9.92. The number of aliphatic hydroxyl groups excluding tert-OH is 1. The molecule has 1 aliphatic carbocycles. The van der Waals surface area contributed by atoms with Crippen molar-refractivity contribution in [3.05, 3.63) is 23.8 Å². The molecule has 3 nitrogen and oxygen atoms in total. The molecule has 1 aromatic rings. The summed E-state index contributed by atoms with van der Waals surface area (Å²) in [4.78, 5) is 2.37. The summed E-state index contributed by atoms with van der Waals surface area (Å²) in [7, 11) is 2.17. The van der Waals surface area contributed by atoms with Gasteiger partial charge in [-0.25, -0.2) is 0 Å². The summed E-state index contributed by atoms with van der Waals surface area (Å²) in [6, 6.07) is 7.06. The van der Waals surface area contributed by atoms with Gasteiger partial charge in [0.15, 0.2) is 0 Å². The summed E-state index contributed by atoms with van der Waals surface area (Å²) in [6.45, 7) is 0.818. The van der Waals surface area contributed by atoms with Crippen LogP contribution < -0.4 is 9.64 Å². The Kier molecular flexibility index (Phi) is 3.16. The van der Waals surface area contributed by atoms with E-state index in [-0.39, 0.29) is 6.10 Å². The maximum absolute atomic E-state index is 9.57. The third-order valence-electron chi connectivity index (χ3n) is 4.29. The molecule has 0 saturated heterocycles. The van der Waals surface area contributed by atoms with Crippen molar-refractivity contribution >= 4 is 5.69 Å². The SMILES string of the molecule is CN(c1ccc2c(c1)CCO2)C1CCC(O)CC1. The summed E-state index contributed by atoms with van der Waals surface area (Å²) in [5.41, 5.74) is 2.61. The predicted octanol–water partition coefficient (Wildman–Crippen LogP) is 2.36. The van der Waals surface area contributed by atoms with Crippen LogP contribution in [0.4, 0.5) is 5.69 Å². The van der Waals surface area contributed by atoms with Crippen LogP contribution in [0.2, 0.25) is 0 Å². The molecular weight excluding hydrogens is 226 g/mol. The third-order valence-corrected chi connectivity index (χ3v) is 4.29. The monoisotopic (exact) mass is 247 g/mol. The first-order valence-corrected chi connectivity index (χ1v) is 6.90. The molecule has 1 N–H and O–H groups in total. The molecule has 1 fully saturated rings. The van der Waals surface area contributed by atoms with Crippen LogP contribution in [0.15, 0.2) is 18.2 Å². The molecule has 1 saturated carbocycles. The molecule has 2 aliphatic rings. The van der Waals surface area contributed by atoms with Gasteiger partial charge in [-0.05, 0) is 49.4 Å². The number of ether oxygens (including phenoxy) is 1. The summed E-state index contributed by atoms with van der Waals surface area (Å²) in [5, 5.41) is 9.57. The molecule has 1 aromatic carbocycles. The number of aliphatic hydroxyl groups is 1. The van der Waals surface area contributed by atoms with Gasteiger partial charge in [0.05, 0.1) is 12.7 Å². The highest BCUT2D eigenvalue weighted by Crippen LogP contribution is 2.32. The van der Waals surface area contributed by atoms with Crippen molar-refractivity contribution in [3.8, 4) is 5.75 Å². The van der Waals surface area contributed by atoms with Gasteiger partial charge in [-0.3, -0.25) is 0 Å². The highest BCUT2D eigenvalue weighted by atomic mass is 16.5. The van der Waals surface area contributed by atoms with Crippen molar-refractivity contribution in [2.24, 2.45) is 0 Å². The molecule has 0 atom stereocenters. The van der Waals surface area contributed by atoms with Crippen LogP contribution in [0.5, 0.6) is 5.75 Å². The molecule has 0 radical (unpaired) electrons. The minimum atomic E-state index is -0.0805. The van der Waals surface area contributed by atoms with Crippen molar-refractivity contribution in [3.63, 3.8) is 0 Å². The van der Waals surface area contributed by atoms with Crippen LogP contribution in [0.3, 0.4) is 0 Å². The summed E-state index contributed by atoms with van der Waals surface area (Å²) in [6.07, 6.45) is 4.99. The molecule has 0 spiro atoms. The number of hydrogen-bond donors (Lipinski definition) is 1. The van der Waals surface area contributed by atoms with Gasteiger partial charge >= 0.3 is 0 Å². The molecular formula is C15H21NO2. The van der Waals surface area contributed by atoms with Crippen LogP contribution in [-0.2, 0) is 6.42 Å². The van der Waals surface area contributed by atoms with Gasteiger partial charge in [0.25, 0.3) is 0 Å². The fourth-order valence-corrected chi connectivity index (χ4v) is 3.05. The molecule has 1 heterocycles. The normalized spacial score (nSPS) is 26.6. The third kappa shape index (κ3) is 2.19. The van der Waals surface area contributed by atoms with Gasteiger partial charge in [0.1, 0.15) is 5.75 Å². The molecule has 1 aliphatic heterocycles. The minimum Gasteiger partial charge on any atom is -0.493 e. The van der Waals surface area contributed by atoms with Crippen LogP contribution in [0.25, 0.3) is 0 Å². The second-order valence-electron chi connectivity index (χ2n) is 5.46. The van der Waals surface area contributed by atoms with Crippen LogP contribution in [-0.4, -0.2) is 30.9 Å². The molecule has 98 valence electrons. The van der Waals surface area contributed by atoms with Crippen molar-refractivity contribution < 1.29 is 9.84 Å². The largest absolute Gasteiger partial charge is 0.493 e. The van der Waals surface area contributed by atoms with Gasteiger partial charge in [0, 0.05) is 25.2 Å². The van der Waals surface area contributed by atoms with Crippen molar-refractivity contribution in [1.29, 1.82) is 0 Å². The van der Waals surface area contributed by atoms with E-state index in [4.69, 9.17) is 4.74 Å². The standard InChI is InChI=1S/C15H21NO2/c1-16(12-2-5-14(17)6-3-12)13-4-7-15-11(10-13)8-9-18-15/h4,7,10,12,14,17H,2-3,5-6,8-9H2,1H3. The van der Waals surface area contributed by atoms with Crippen molar-refractivity contribution in [2.45, 2.75) is 44.2 Å². The van der Waals surface area contributed by atoms with E-state index in [1.54, 1.807) is 0 Å². The second-order valence-corrected chi connectivity index (χ2v) is 5.46. The van der Waals surface area contributed by atoms with Gasteiger partial charge in [-0.2, -0.15) is 0 Å². The Morgan fingerprint density at radius 2 is 2.00 bits per heavy atom. The topological polar surface area (TPSA) is 32.7 Å². The second kappa shape index (κ2) is 4.81. The average Bonchev–Trinajstić information content (AvgIpc) is 2.86. The number of anilines is 1. The van der Waals surface area contributed by atoms with E-state index in [0.717, 1.165) is 44.5 Å². The first-order chi connectivity index (χ1) is 8.74. The zero-order valence-corrected chi connectivity index (χ0v) is 10.9. The first kappa shape index (κ1) is 11.8. The summed E-state index contributed by atoms with van der Waals surface area (Å²) < 4.78 is 5.54. The highest BCUT2D eigenvalue weighted by molar-refractivity contribution is 5.54. The van der Waals surface area contributed by atoms with E-state index in [0.29, 0.717) is 6.04 Å². The van der Waals surface area contributed by atoms with Gasteiger partial charge in [0.2, 0.25) is 0 Å². The Balaban J connectivity index is 1.74. The Labute approximate surface area is 108 Å². The molecule has 0 amide bonds. The van der Waals surface area contributed by atoms with E-state index in [1.165, 1.54) is 11.3 Å². The highest BCUT2D eigenvalue weighted by Gasteiger charge is 2.23. The van der Waals surface area contributed by atoms with Crippen LogP contribution >= 0.6 is 0 Å². The molecule has 3 heteroatoms. The van der Waals surface area contributed by atoms with Crippen LogP contribution in [0.1, 0.15) is 31.2 Å². The number of fused-ring (bicyclic) bond motifs is 1. The maximum atomic E-state index is 9.57. The fraction of sp³-hybridized carbons (Fsp3) is 0.600. The predicted molar refractivity (Wildman–Crippen MR) is 72.3 cm³/mol. The van der Waals surface area contributed by atoms with Crippen molar-refractivity contribution in [2.75, 3.05) is 18.6 Å². The first-order valence-electron chi connectivity index (χ1n) is 6.90. The summed E-state index contributed by atoms with van der Waals surface area (Å²) in [5.74, 6) is 1.05. The number of rotatable bonds is 2. The minimum absolute atomic E-state index is 0.0805. The van der Waals surface area contributed by atoms with Crippen molar-refractivity contribution in [1.82, 2.24) is 0 Å². The molecule has 0 aromatic heterocycles. The number of hydrogen-bond acceptors (Lipinski definition) is 3. The van der Waals surface area contributed by atoms with Gasteiger partial charge < -0.3 is 14.7 Å². The van der Waals surface area contributed by atoms with Gasteiger partial charge in [-0.15, -0.1) is 0 Å². The zero-order valence-electron chi connectivity index (χ0n) is 10.9. The van der Waals surface area contributed by atoms with Crippen LogP contribution in [0, 0.1) is 0 Å². The van der Waals surface area contributed by atoms with E-state index in [9.17, 15) is 5.11 Å².